The van der Waals surface area contributed by atoms with Crippen LogP contribution in [-0.2, 0) is 11.3 Å². The number of rotatable bonds is 4. The molecule has 2 unspecified atom stereocenters. The molecule has 7 nitrogen and oxygen atoms in total. The standard InChI is InChI=1S/C9H14N4O3S/c14-6-3-1-2-4-7(6)17-9-10-11-12-13(9)5-8(15)16/h6-7,14H,1-5H2,(H,15,16). The predicted molar refractivity (Wildman–Crippen MR) is 59.6 cm³/mol. The van der Waals surface area contributed by atoms with Crippen molar-refractivity contribution >= 4 is 17.7 Å². The van der Waals surface area contributed by atoms with Gasteiger partial charge < -0.3 is 10.2 Å². The Kier molecular flexibility index (Phi) is 3.95. The summed E-state index contributed by atoms with van der Waals surface area (Å²) in [6, 6.07) is 0. The number of nitrogens with zero attached hydrogens (tertiary/aromatic N) is 4. The Morgan fingerprint density at radius 2 is 2.24 bits per heavy atom. The van der Waals surface area contributed by atoms with Crippen LogP contribution in [0, 0.1) is 0 Å². The molecule has 0 spiro atoms. The molecule has 0 aliphatic heterocycles. The lowest BCUT2D eigenvalue weighted by Crippen LogP contribution is -2.27. The number of aromatic nitrogens is 4. The number of hydrogen-bond donors (Lipinski definition) is 2. The van der Waals surface area contributed by atoms with Gasteiger partial charge in [-0.05, 0) is 23.3 Å². The Morgan fingerprint density at radius 3 is 2.94 bits per heavy atom. The fourth-order valence-corrected chi connectivity index (χ4v) is 3.01. The van der Waals surface area contributed by atoms with E-state index >= 15 is 0 Å². The molecule has 1 aromatic heterocycles. The van der Waals surface area contributed by atoms with Crippen LogP contribution in [-0.4, -0.2) is 47.7 Å². The number of carboxylic acids is 1. The summed E-state index contributed by atoms with van der Waals surface area (Å²) in [7, 11) is 0. The number of aliphatic hydroxyl groups excluding tert-OH is 1. The minimum absolute atomic E-state index is 0.0577. The van der Waals surface area contributed by atoms with Crippen LogP contribution in [0.5, 0.6) is 0 Å². The van der Waals surface area contributed by atoms with E-state index < -0.39 is 5.97 Å². The zero-order valence-corrected chi connectivity index (χ0v) is 10.0. The van der Waals surface area contributed by atoms with E-state index in [0.717, 1.165) is 25.7 Å². The molecule has 0 radical (unpaired) electrons. The summed E-state index contributed by atoms with van der Waals surface area (Å²) in [4.78, 5) is 10.6. The highest BCUT2D eigenvalue weighted by Crippen LogP contribution is 2.32. The first kappa shape index (κ1) is 12.3. The minimum atomic E-state index is -0.983. The SMILES string of the molecule is O=C(O)Cn1nnnc1SC1CCCCC1O. The number of carboxylic acid groups (broad SMARTS) is 1. The molecule has 8 heteroatoms. The summed E-state index contributed by atoms with van der Waals surface area (Å²) in [5.41, 5.74) is 0. The fourth-order valence-electron chi connectivity index (χ4n) is 1.86. The molecule has 1 aromatic rings. The normalized spacial score (nSPS) is 24.8. The average Bonchev–Trinajstić information content (AvgIpc) is 2.68. The summed E-state index contributed by atoms with van der Waals surface area (Å²) in [6.07, 6.45) is 3.46. The molecule has 1 aliphatic carbocycles. The highest BCUT2D eigenvalue weighted by atomic mass is 32.2. The van der Waals surface area contributed by atoms with Gasteiger partial charge in [-0.2, -0.15) is 0 Å². The van der Waals surface area contributed by atoms with Gasteiger partial charge in [0.05, 0.1) is 6.10 Å². The monoisotopic (exact) mass is 258 g/mol. The Hall–Kier alpha value is -1.15. The first-order valence-electron chi connectivity index (χ1n) is 5.49. The van der Waals surface area contributed by atoms with E-state index in [-0.39, 0.29) is 17.9 Å². The van der Waals surface area contributed by atoms with Gasteiger partial charge in [-0.15, -0.1) is 5.10 Å². The second kappa shape index (κ2) is 5.46. The van der Waals surface area contributed by atoms with E-state index in [1.807, 2.05) is 0 Å². The van der Waals surface area contributed by atoms with Crippen LogP contribution >= 0.6 is 11.8 Å². The Bertz CT molecular complexity index is 397. The van der Waals surface area contributed by atoms with Crippen LogP contribution in [0.4, 0.5) is 0 Å². The Labute approximate surface area is 102 Å². The summed E-state index contributed by atoms with van der Waals surface area (Å²) < 4.78 is 1.24. The topological polar surface area (TPSA) is 101 Å². The van der Waals surface area contributed by atoms with E-state index in [2.05, 4.69) is 15.5 Å². The summed E-state index contributed by atoms with van der Waals surface area (Å²) in [5.74, 6) is -0.983. The number of aliphatic carboxylic acids is 1. The van der Waals surface area contributed by atoms with Crippen LogP contribution in [0.25, 0.3) is 0 Å². The van der Waals surface area contributed by atoms with Gasteiger partial charge in [0.15, 0.2) is 0 Å². The van der Waals surface area contributed by atoms with Crippen molar-refractivity contribution < 1.29 is 15.0 Å². The van der Waals surface area contributed by atoms with Gasteiger partial charge in [0, 0.05) is 5.25 Å². The largest absolute Gasteiger partial charge is 0.480 e. The van der Waals surface area contributed by atoms with E-state index in [4.69, 9.17) is 5.11 Å². The van der Waals surface area contributed by atoms with Crippen LogP contribution in [0.3, 0.4) is 0 Å². The van der Waals surface area contributed by atoms with Crippen LogP contribution < -0.4 is 0 Å². The summed E-state index contributed by atoms with van der Waals surface area (Å²) in [5, 5.41) is 29.9. The molecule has 1 fully saturated rings. The van der Waals surface area contributed by atoms with Crippen molar-refractivity contribution in [3.63, 3.8) is 0 Å². The number of thioether (sulfide) groups is 1. The third kappa shape index (κ3) is 3.16. The molecular formula is C9H14N4O3S. The maximum absolute atomic E-state index is 10.6. The molecule has 1 aliphatic rings. The van der Waals surface area contributed by atoms with Crippen molar-refractivity contribution in [3.8, 4) is 0 Å². The maximum Gasteiger partial charge on any atom is 0.325 e. The molecule has 2 N–H and O–H groups in total. The van der Waals surface area contributed by atoms with Gasteiger partial charge in [-0.25, -0.2) is 4.68 Å². The summed E-state index contributed by atoms with van der Waals surface area (Å²) in [6.45, 7) is -0.252. The highest BCUT2D eigenvalue weighted by molar-refractivity contribution is 7.99. The van der Waals surface area contributed by atoms with Crippen molar-refractivity contribution in [3.05, 3.63) is 0 Å². The first-order valence-corrected chi connectivity index (χ1v) is 6.37. The molecule has 94 valence electrons. The second-order valence-electron chi connectivity index (χ2n) is 4.02. The van der Waals surface area contributed by atoms with Crippen molar-refractivity contribution in [2.45, 2.75) is 48.7 Å². The minimum Gasteiger partial charge on any atom is -0.480 e. The van der Waals surface area contributed by atoms with Crippen molar-refractivity contribution in [1.82, 2.24) is 20.2 Å². The van der Waals surface area contributed by atoms with Gasteiger partial charge in [0.1, 0.15) is 6.54 Å². The van der Waals surface area contributed by atoms with E-state index in [9.17, 15) is 9.90 Å². The van der Waals surface area contributed by atoms with E-state index in [1.54, 1.807) is 0 Å². The first-order chi connectivity index (χ1) is 8.16. The Morgan fingerprint density at radius 1 is 1.47 bits per heavy atom. The van der Waals surface area contributed by atoms with Gasteiger partial charge in [0.2, 0.25) is 5.16 Å². The number of hydrogen-bond acceptors (Lipinski definition) is 6. The van der Waals surface area contributed by atoms with Crippen LogP contribution in [0.1, 0.15) is 25.7 Å². The van der Waals surface area contributed by atoms with Crippen molar-refractivity contribution in [2.75, 3.05) is 0 Å². The molecule has 1 saturated carbocycles. The van der Waals surface area contributed by atoms with Gasteiger partial charge in [-0.3, -0.25) is 4.79 Å². The molecular weight excluding hydrogens is 244 g/mol. The third-order valence-electron chi connectivity index (χ3n) is 2.71. The fraction of sp³-hybridized carbons (Fsp3) is 0.778. The summed E-state index contributed by atoms with van der Waals surface area (Å²) >= 11 is 1.36. The molecule has 1 heterocycles. The quantitative estimate of drug-likeness (QED) is 0.792. The Balaban J connectivity index is 2.02. The molecule has 17 heavy (non-hydrogen) atoms. The van der Waals surface area contributed by atoms with Gasteiger partial charge in [-0.1, -0.05) is 24.6 Å². The van der Waals surface area contributed by atoms with Crippen molar-refractivity contribution in [1.29, 1.82) is 0 Å². The average molecular weight is 258 g/mol. The molecule has 2 atom stereocenters. The van der Waals surface area contributed by atoms with Crippen LogP contribution in [0.15, 0.2) is 5.16 Å². The maximum atomic E-state index is 10.6. The molecule has 0 aromatic carbocycles. The van der Waals surface area contributed by atoms with Gasteiger partial charge >= 0.3 is 5.97 Å². The van der Waals surface area contributed by atoms with Gasteiger partial charge in [0.25, 0.3) is 0 Å². The number of aliphatic hydroxyl groups is 1. The lowest BCUT2D eigenvalue weighted by atomic mass is 9.97. The highest BCUT2D eigenvalue weighted by Gasteiger charge is 2.26. The number of carbonyl (C=O) groups is 1. The molecule has 0 saturated heterocycles. The lowest BCUT2D eigenvalue weighted by Gasteiger charge is -2.26. The zero-order valence-electron chi connectivity index (χ0n) is 9.19. The predicted octanol–water partition coefficient (Wildman–Crippen LogP) is 0.153. The van der Waals surface area contributed by atoms with E-state index in [1.165, 1.54) is 16.4 Å². The number of tetrazole rings is 1. The van der Waals surface area contributed by atoms with Crippen LogP contribution in [0.2, 0.25) is 0 Å². The van der Waals surface area contributed by atoms with Crippen molar-refractivity contribution in [2.24, 2.45) is 0 Å². The molecule has 0 amide bonds. The second-order valence-corrected chi connectivity index (χ2v) is 5.23. The van der Waals surface area contributed by atoms with E-state index in [0.29, 0.717) is 5.16 Å². The molecule has 0 bridgehead atoms. The molecule has 2 rings (SSSR count). The smallest absolute Gasteiger partial charge is 0.325 e. The zero-order chi connectivity index (χ0) is 12.3. The lowest BCUT2D eigenvalue weighted by molar-refractivity contribution is -0.138. The third-order valence-corrected chi connectivity index (χ3v) is 4.06.